The summed E-state index contributed by atoms with van der Waals surface area (Å²) in [4.78, 5) is 35.1. The second kappa shape index (κ2) is 3.87. The second-order valence-corrected chi connectivity index (χ2v) is 4.71. The maximum atomic E-state index is 13.8. The Labute approximate surface area is 115 Å². The Morgan fingerprint density at radius 2 is 2.05 bits per heavy atom. The van der Waals surface area contributed by atoms with Crippen LogP contribution in [0.15, 0.2) is 23.1 Å². The topological polar surface area (TPSA) is 85.6 Å². The summed E-state index contributed by atoms with van der Waals surface area (Å²) in [5.74, 6) is -6.43. The highest BCUT2D eigenvalue weighted by atomic mass is 19.2. The molecule has 108 valence electrons. The molecule has 2 aromatic rings. The van der Waals surface area contributed by atoms with Crippen LogP contribution < -0.4 is 10.2 Å². The van der Waals surface area contributed by atoms with Crippen molar-refractivity contribution in [2.24, 2.45) is 0 Å². The fourth-order valence-corrected chi connectivity index (χ4v) is 2.27. The first-order chi connectivity index (χ1) is 9.78. The van der Waals surface area contributed by atoms with E-state index in [9.17, 15) is 28.3 Å². The number of ether oxygens (including phenoxy) is 1. The molecule has 2 heterocycles. The van der Waals surface area contributed by atoms with Crippen molar-refractivity contribution < 1.29 is 28.2 Å². The third-order valence-electron chi connectivity index (χ3n) is 3.52. The summed E-state index contributed by atoms with van der Waals surface area (Å²) in [5.41, 5.74) is -3.10. The van der Waals surface area contributed by atoms with Gasteiger partial charge in [-0.15, -0.1) is 0 Å². The number of halogens is 2. The van der Waals surface area contributed by atoms with E-state index in [2.05, 4.69) is 4.74 Å². The molecule has 8 heteroatoms. The van der Waals surface area contributed by atoms with Gasteiger partial charge in [0.2, 0.25) is 11.4 Å². The van der Waals surface area contributed by atoms with Crippen LogP contribution in [-0.2, 0) is 15.1 Å². The average molecular weight is 295 g/mol. The molecule has 0 fully saturated rings. The van der Waals surface area contributed by atoms with Gasteiger partial charge in [-0.2, -0.15) is 4.39 Å². The van der Waals surface area contributed by atoms with E-state index in [1.807, 2.05) is 0 Å². The minimum atomic E-state index is -2.18. The van der Waals surface area contributed by atoms with E-state index in [0.717, 1.165) is 23.8 Å². The quantitative estimate of drug-likeness (QED) is 0.482. The van der Waals surface area contributed by atoms with Gasteiger partial charge in [0.05, 0.1) is 5.39 Å². The zero-order valence-corrected chi connectivity index (χ0v) is 10.5. The van der Waals surface area contributed by atoms with Gasteiger partial charge in [-0.25, -0.2) is 14.0 Å². The van der Waals surface area contributed by atoms with Crippen LogP contribution in [0.5, 0.6) is 5.75 Å². The summed E-state index contributed by atoms with van der Waals surface area (Å²) in [6.07, 6.45) is 1.04. The molecule has 1 aromatic heterocycles. The summed E-state index contributed by atoms with van der Waals surface area (Å²) in [5, 5.41) is 9.00. The minimum Gasteiger partial charge on any atom is -0.479 e. The number of aliphatic carboxylic acids is 1. The predicted molar refractivity (Wildman–Crippen MR) is 65.0 cm³/mol. The minimum absolute atomic E-state index is 0.272. The Hall–Kier alpha value is -2.77. The van der Waals surface area contributed by atoms with Gasteiger partial charge in [0, 0.05) is 12.3 Å². The number of carbonyl (C=O) groups excluding carboxylic acids is 1. The van der Waals surface area contributed by atoms with Crippen molar-refractivity contribution in [1.29, 1.82) is 0 Å². The van der Waals surface area contributed by atoms with E-state index in [0.29, 0.717) is 6.07 Å². The highest BCUT2D eigenvalue weighted by molar-refractivity contribution is 6.06. The SMILES string of the molecule is C[C@]1(C(=O)O)C(=O)Oc2c(F)c(F)cc3c(=O)ccn1c23. The summed E-state index contributed by atoms with van der Waals surface area (Å²) in [6, 6.07) is 1.62. The van der Waals surface area contributed by atoms with Crippen molar-refractivity contribution in [3.63, 3.8) is 0 Å². The highest BCUT2D eigenvalue weighted by Crippen LogP contribution is 2.37. The maximum Gasteiger partial charge on any atom is 0.349 e. The van der Waals surface area contributed by atoms with Crippen LogP contribution >= 0.6 is 0 Å². The molecule has 0 spiro atoms. The van der Waals surface area contributed by atoms with Crippen LogP contribution in [0.25, 0.3) is 10.9 Å². The summed E-state index contributed by atoms with van der Waals surface area (Å²) < 4.78 is 32.8. The predicted octanol–water partition coefficient (Wildman–Crippen LogP) is 0.998. The standard InChI is InChI=1S/C13H7F2NO5/c1-13(11(18)19)12(20)21-10-8(15)6(14)4-5-7(17)2-3-16(13)9(5)10/h2-4H,1H3,(H,18,19)/t13-/m0/s1. The third kappa shape index (κ3) is 1.47. The van der Waals surface area contributed by atoms with Gasteiger partial charge in [-0.3, -0.25) is 4.79 Å². The number of benzene rings is 1. The second-order valence-electron chi connectivity index (χ2n) is 4.71. The Morgan fingerprint density at radius 1 is 1.38 bits per heavy atom. The van der Waals surface area contributed by atoms with Gasteiger partial charge in [-0.05, 0) is 13.0 Å². The molecule has 0 radical (unpaired) electrons. The Morgan fingerprint density at radius 3 is 2.67 bits per heavy atom. The molecule has 1 aliphatic heterocycles. The molecule has 1 aromatic carbocycles. The van der Waals surface area contributed by atoms with Gasteiger partial charge in [-0.1, -0.05) is 0 Å². The first-order valence-corrected chi connectivity index (χ1v) is 5.78. The van der Waals surface area contributed by atoms with Gasteiger partial charge in [0.1, 0.15) is 5.52 Å². The first-order valence-electron chi connectivity index (χ1n) is 5.78. The largest absolute Gasteiger partial charge is 0.479 e. The number of hydrogen-bond acceptors (Lipinski definition) is 4. The number of hydrogen-bond donors (Lipinski definition) is 1. The van der Waals surface area contributed by atoms with E-state index in [1.54, 1.807) is 0 Å². The Kier molecular flexibility index (Phi) is 2.44. The molecule has 0 saturated carbocycles. The van der Waals surface area contributed by atoms with Crippen LogP contribution in [0.2, 0.25) is 0 Å². The molecule has 6 nitrogen and oxygen atoms in total. The van der Waals surface area contributed by atoms with Crippen molar-refractivity contribution in [2.45, 2.75) is 12.5 Å². The summed E-state index contributed by atoms with van der Waals surface area (Å²) in [7, 11) is 0. The summed E-state index contributed by atoms with van der Waals surface area (Å²) >= 11 is 0. The van der Waals surface area contributed by atoms with Crippen molar-refractivity contribution in [2.75, 3.05) is 0 Å². The summed E-state index contributed by atoms with van der Waals surface area (Å²) in [6.45, 7) is 1.05. The molecule has 0 aliphatic carbocycles. The number of rotatable bonds is 1. The molecule has 1 aliphatic rings. The lowest BCUT2D eigenvalue weighted by Gasteiger charge is -2.32. The molecule has 21 heavy (non-hydrogen) atoms. The fourth-order valence-electron chi connectivity index (χ4n) is 2.27. The fraction of sp³-hybridized carbons (Fsp3) is 0.154. The van der Waals surface area contributed by atoms with E-state index >= 15 is 0 Å². The van der Waals surface area contributed by atoms with E-state index in [-0.39, 0.29) is 10.9 Å². The molecule has 1 N–H and O–H groups in total. The van der Waals surface area contributed by atoms with Gasteiger partial charge in [0.15, 0.2) is 17.0 Å². The smallest absolute Gasteiger partial charge is 0.349 e. The first kappa shape index (κ1) is 13.2. The zero-order chi connectivity index (χ0) is 15.5. The zero-order valence-electron chi connectivity index (χ0n) is 10.5. The maximum absolute atomic E-state index is 13.8. The number of pyridine rings is 1. The average Bonchev–Trinajstić information content (AvgIpc) is 2.42. The third-order valence-corrected chi connectivity index (χ3v) is 3.52. The lowest BCUT2D eigenvalue weighted by molar-refractivity contribution is -0.160. The molecule has 0 bridgehead atoms. The molecular formula is C13H7F2NO5. The molecule has 0 saturated heterocycles. The van der Waals surface area contributed by atoms with E-state index in [4.69, 9.17) is 0 Å². The lowest BCUT2D eigenvalue weighted by Crippen LogP contribution is -2.51. The number of carboxylic acids is 1. The van der Waals surface area contributed by atoms with Crippen molar-refractivity contribution in [1.82, 2.24) is 4.57 Å². The Bertz CT molecular complexity index is 888. The van der Waals surface area contributed by atoms with Crippen molar-refractivity contribution in [3.8, 4) is 5.75 Å². The Balaban J connectivity index is 2.59. The molecule has 1 atom stereocenters. The van der Waals surface area contributed by atoms with Gasteiger partial charge in [0.25, 0.3) is 0 Å². The van der Waals surface area contributed by atoms with Crippen molar-refractivity contribution >= 4 is 22.8 Å². The number of nitrogens with zero attached hydrogens (tertiary/aromatic N) is 1. The molecule has 0 unspecified atom stereocenters. The number of carboxylic acid groups (broad SMARTS) is 1. The molecular weight excluding hydrogens is 288 g/mol. The van der Waals surface area contributed by atoms with Gasteiger partial charge < -0.3 is 14.4 Å². The van der Waals surface area contributed by atoms with E-state index < -0.39 is 40.3 Å². The monoisotopic (exact) mass is 295 g/mol. The lowest BCUT2D eigenvalue weighted by atomic mass is 9.98. The molecule has 3 rings (SSSR count). The molecule has 0 amide bonds. The normalized spacial score (nSPS) is 20.4. The van der Waals surface area contributed by atoms with Crippen LogP contribution in [-0.4, -0.2) is 21.6 Å². The van der Waals surface area contributed by atoms with E-state index in [1.165, 1.54) is 0 Å². The van der Waals surface area contributed by atoms with Crippen LogP contribution in [0.4, 0.5) is 8.78 Å². The number of esters is 1. The van der Waals surface area contributed by atoms with Crippen LogP contribution in [0.3, 0.4) is 0 Å². The van der Waals surface area contributed by atoms with Gasteiger partial charge >= 0.3 is 11.9 Å². The van der Waals surface area contributed by atoms with Crippen LogP contribution in [0, 0.1) is 11.6 Å². The van der Waals surface area contributed by atoms with Crippen LogP contribution in [0.1, 0.15) is 6.92 Å². The number of carbonyl (C=O) groups is 2. The number of aromatic nitrogens is 1. The van der Waals surface area contributed by atoms with Crippen molar-refractivity contribution in [3.05, 3.63) is 40.2 Å². The highest BCUT2D eigenvalue weighted by Gasteiger charge is 2.49.